The summed E-state index contributed by atoms with van der Waals surface area (Å²) in [4.78, 5) is 12.0. The van der Waals surface area contributed by atoms with Gasteiger partial charge in [-0.2, -0.15) is 0 Å². The average molecular weight is 313 g/mol. The number of amides is 1. The topological polar surface area (TPSA) is 50.4 Å². The molecule has 1 aromatic carbocycles. The zero-order valence-corrected chi connectivity index (χ0v) is 13.5. The molecule has 1 heterocycles. The fraction of sp³-hybridized carbons (Fsp3) is 0.562. The third kappa shape index (κ3) is 5.94. The molecule has 118 valence electrons. The zero-order chi connectivity index (χ0) is 14.4. The second kappa shape index (κ2) is 8.90. The summed E-state index contributed by atoms with van der Waals surface area (Å²) in [5.74, 6) is 0.988. The number of halogens is 1. The maximum Gasteiger partial charge on any atom is 0.220 e. The van der Waals surface area contributed by atoms with E-state index in [9.17, 15) is 4.79 Å². The lowest BCUT2D eigenvalue weighted by Crippen LogP contribution is -2.46. The molecule has 1 fully saturated rings. The van der Waals surface area contributed by atoms with Crippen molar-refractivity contribution in [3.63, 3.8) is 0 Å². The van der Waals surface area contributed by atoms with Gasteiger partial charge in [0.25, 0.3) is 0 Å². The maximum atomic E-state index is 12.0. The maximum absolute atomic E-state index is 12.0. The van der Waals surface area contributed by atoms with Crippen molar-refractivity contribution in [2.45, 2.75) is 44.7 Å². The summed E-state index contributed by atoms with van der Waals surface area (Å²) >= 11 is 0. The van der Waals surface area contributed by atoms with Gasteiger partial charge in [0.2, 0.25) is 5.91 Å². The number of carbonyl (C=O) groups excluding carboxylic acids is 1. The third-order valence-corrected chi connectivity index (χ3v) is 3.76. The molecule has 0 aromatic heterocycles. The number of ether oxygens (including phenoxy) is 1. The summed E-state index contributed by atoms with van der Waals surface area (Å²) in [5.41, 5.74) is 1.14. The molecular formula is C16H25ClN2O2. The standard InChI is InChI=1S/C16H24N2O2.ClH/c1-12-10-14(8-9-17-12)18-16(19)7-6-13-4-3-5-15(11-13)20-2;/h3-5,11-12,14,17H,6-10H2,1-2H3,(H,18,19);1H. The number of piperidine rings is 1. The van der Waals surface area contributed by atoms with E-state index in [-0.39, 0.29) is 18.3 Å². The van der Waals surface area contributed by atoms with Gasteiger partial charge in [-0.15, -0.1) is 12.4 Å². The van der Waals surface area contributed by atoms with Crippen LogP contribution in [0, 0.1) is 0 Å². The quantitative estimate of drug-likeness (QED) is 0.877. The highest BCUT2D eigenvalue weighted by atomic mass is 35.5. The lowest BCUT2D eigenvalue weighted by atomic mass is 10.0. The Morgan fingerprint density at radius 3 is 3.00 bits per heavy atom. The van der Waals surface area contributed by atoms with Gasteiger partial charge in [0.1, 0.15) is 5.75 Å². The van der Waals surface area contributed by atoms with Crippen molar-refractivity contribution in [3.8, 4) is 5.75 Å². The van der Waals surface area contributed by atoms with Crippen molar-refractivity contribution in [2.75, 3.05) is 13.7 Å². The van der Waals surface area contributed by atoms with Crippen LogP contribution in [0.3, 0.4) is 0 Å². The SMILES string of the molecule is COc1cccc(CCC(=O)NC2CCNC(C)C2)c1.Cl. The number of aryl methyl sites for hydroxylation is 1. The van der Waals surface area contributed by atoms with Crippen LogP contribution in [-0.2, 0) is 11.2 Å². The van der Waals surface area contributed by atoms with Crippen LogP contribution in [0.15, 0.2) is 24.3 Å². The normalized spacial score (nSPS) is 21.2. The number of benzene rings is 1. The van der Waals surface area contributed by atoms with Gasteiger partial charge in [-0.25, -0.2) is 0 Å². The number of rotatable bonds is 5. The molecule has 1 aliphatic heterocycles. The molecule has 5 heteroatoms. The van der Waals surface area contributed by atoms with Crippen LogP contribution in [0.25, 0.3) is 0 Å². The van der Waals surface area contributed by atoms with Crippen LogP contribution in [0.5, 0.6) is 5.75 Å². The third-order valence-electron chi connectivity index (χ3n) is 3.76. The van der Waals surface area contributed by atoms with Gasteiger partial charge in [-0.1, -0.05) is 12.1 Å². The van der Waals surface area contributed by atoms with Gasteiger partial charge in [-0.05, 0) is 50.4 Å². The van der Waals surface area contributed by atoms with Gasteiger partial charge in [0.05, 0.1) is 7.11 Å². The summed E-state index contributed by atoms with van der Waals surface area (Å²) in [7, 11) is 1.66. The fourth-order valence-corrected chi connectivity index (χ4v) is 2.65. The van der Waals surface area contributed by atoms with Crippen molar-refractivity contribution in [1.82, 2.24) is 10.6 Å². The van der Waals surface area contributed by atoms with Crippen molar-refractivity contribution in [1.29, 1.82) is 0 Å². The monoisotopic (exact) mass is 312 g/mol. The first-order chi connectivity index (χ1) is 9.67. The Morgan fingerprint density at radius 1 is 1.48 bits per heavy atom. The Hall–Kier alpha value is -1.26. The molecule has 0 radical (unpaired) electrons. The number of hydrogen-bond donors (Lipinski definition) is 2. The zero-order valence-electron chi connectivity index (χ0n) is 12.7. The Balaban J connectivity index is 0.00000220. The average Bonchev–Trinajstić information content (AvgIpc) is 2.45. The summed E-state index contributed by atoms with van der Waals surface area (Å²) in [6.45, 7) is 3.15. The molecule has 2 rings (SSSR count). The second-order valence-corrected chi connectivity index (χ2v) is 5.50. The fourth-order valence-electron chi connectivity index (χ4n) is 2.65. The molecule has 2 atom stereocenters. The Labute approximate surface area is 133 Å². The van der Waals surface area contributed by atoms with Crippen LogP contribution in [0.1, 0.15) is 31.7 Å². The Morgan fingerprint density at radius 2 is 2.29 bits per heavy atom. The second-order valence-electron chi connectivity index (χ2n) is 5.50. The molecule has 0 aliphatic carbocycles. The highest BCUT2D eigenvalue weighted by molar-refractivity contribution is 5.85. The minimum absolute atomic E-state index is 0. The molecule has 1 saturated heterocycles. The van der Waals surface area contributed by atoms with Crippen molar-refractivity contribution < 1.29 is 9.53 Å². The molecule has 0 bridgehead atoms. The first-order valence-corrected chi connectivity index (χ1v) is 7.33. The first-order valence-electron chi connectivity index (χ1n) is 7.33. The van der Waals surface area contributed by atoms with E-state index in [1.807, 2.05) is 24.3 Å². The van der Waals surface area contributed by atoms with Crippen LogP contribution in [0.2, 0.25) is 0 Å². The van der Waals surface area contributed by atoms with E-state index < -0.39 is 0 Å². The summed E-state index contributed by atoms with van der Waals surface area (Å²) in [6, 6.07) is 8.71. The molecule has 1 amide bonds. The van der Waals surface area contributed by atoms with Crippen molar-refractivity contribution >= 4 is 18.3 Å². The summed E-state index contributed by atoms with van der Waals surface area (Å²) < 4.78 is 5.19. The molecule has 1 aliphatic rings. The van der Waals surface area contributed by atoms with Crippen LogP contribution >= 0.6 is 12.4 Å². The highest BCUT2D eigenvalue weighted by Crippen LogP contribution is 2.14. The van der Waals surface area contributed by atoms with E-state index in [1.165, 1.54) is 0 Å². The highest BCUT2D eigenvalue weighted by Gasteiger charge is 2.19. The molecule has 21 heavy (non-hydrogen) atoms. The molecular weight excluding hydrogens is 288 g/mol. The van der Waals surface area contributed by atoms with Crippen LogP contribution in [0.4, 0.5) is 0 Å². The van der Waals surface area contributed by atoms with E-state index in [0.29, 0.717) is 18.5 Å². The van der Waals surface area contributed by atoms with Gasteiger partial charge < -0.3 is 15.4 Å². The number of hydrogen-bond acceptors (Lipinski definition) is 3. The number of nitrogens with one attached hydrogen (secondary N) is 2. The lowest BCUT2D eigenvalue weighted by Gasteiger charge is -2.28. The first kappa shape index (κ1) is 17.8. The predicted octanol–water partition coefficient (Wildman–Crippen LogP) is 2.31. The molecule has 4 nitrogen and oxygen atoms in total. The minimum Gasteiger partial charge on any atom is -0.497 e. The Bertz CT molecular complexity index is 454. The molecule has 1 aromatic rings. The Kier molecular flexibility index (Phi) is 7.54. The van der Waals surface area contributed by atoms with Gasteiger partial charge in [0.15, 0.2) is 0 Å². The number of carbonyl (C=O) groups is 1. The van der Waals surface area contributed by atoms with Crippen molar-refractivity contribution in [2.24, 2.45) is 0 Å². The predicted molar refractivity (Wildman–Crippen MR) is 87.2 cm³/mol. The van der Waals surface area contributed by atoms with Crippen molar-refractivity contribution in [3.05, 3.63) is 29.8 Å². The molecule has 0 saturated carbocycles. The van der Waals surface area contributed by atoms with Gasteiger partial charge >= 0.3 is 0 Å². The van der Waals surface area contributed by atoms with E-state index in [2.05, 4.69) is 17.6 Å². The van der Waals surface area contributed by atoms with E-state index in [1.54, 1.807) is 7.11 Å². The molecule has 2 N–H and O–H groups in total. The minimum atomic E-state index is 0. The van der Waals surface area contributed by atoms with Crippen LogP contribution < -0.4 is 15.4 Å². The summed E-state index contributed by atoms with van der Waals surface area (Å²) in [6.07, 6.45) is 3.33. The van der Waals surface area contributed by atoms with Crippen LogP contribution in [-0.4, -0.2) is 31.6 Å². The number of methoxy groups -OCH3 is 1. The van der Waals surface area contributed by atoms with E-state index in [0.717, 1.165) is 37.1 Å². The molecule has 0 spiro atoms. The largest absolute Gasteiger partial charge is 0.497 e. The van der Waals surface area contributed by atoms with Gasteiger partial charge in [-0.3, -0.25) is 4.79 Å². The van der Waals surface area contributed by atoms with Gasteiger partial charge in [0, 0.05) is 18.5 Å². The van der Waals surface area contributed by atoms with E-state index in [4.69, 9.17) is 4.74 Å². The lowest BCUT2D eigenvalue weighted by molar-refractivity contribution is -0.122. The summed E-state index contributed by atoms with van der Waals surface area (Å²) in [5, 5.41) is 6.53. The van der Waals surface area contributed by atoms with E-state index >= 15 is 0 Å². The molecule has 2 unspecified atom stereocenters. The smallest absolute Gasteiger partial charge is 0.220 e.